The van der Waals surface area contributed by atoms with Gasteiger partial charge in [-0.2, -0.15) is 5.10 Å². The number of nitrogens with zero attached hydrogens (tertiary/aromatic N) is 1. The number of amides is 1. The maximum Gasteiger partial charge on any atom is 0.258 e. The van der Waals surface area contributed by atoms with Gasteiger partial charge in [0.2, 0.25) is 0 Å². The van der Waals surface area contributed by atoms with Crippen LogP contribution < -0.4 is 11.1 Å². The number of hydrogen-bond donors (Lipinski definition) is 3. The standard InChI is InChI=1S/C12H13BrN4O/c1-6-7(2)16-17-11(6)15-12(18)8-4-3-5-9(14)10(8)13/h3-5H,14H2,1-2H3,(H2,15,16,17,18). The zero-order valence-electron chi connectivity index (χ0n) is 10.0. The fourth-order valence-corrected chi connectivity index (χ4v) is 1.95. The molecule has 1 aromatic heterocycles. The Balaban J connectivity index is 2.28. The van der Waals surface area contributed by atoms with E-state index in [4.69, 9.17) is 5.73 Å². The van der Waals surface area contributed by atoms with Crippen LogP contribution in [0.25, 0.3) is 0 Å². The molecule has 1 heterocycles. The second-order valence-electron chi connectivity index (χ2n) is 3.99. The van der Waals surface area contributed by atoms with Crippen LogP contribution in [0.4, 0.5) is 11.5 Å². The highest BCUT2D eigenvalue weighted by Gasteiger charge is 2.14. The van der Waals surface area contributed by atoms with Gasteiger partial charge >= 0.3 is 0 Å². The lowest BCUT2D eigenvalue weighted by Gasteiger charge is -2.07. The molecule has 94 valence electrons. The Labute approximate surface area is 113 Å². The van der Waals surface area contributed by atoms with Crippen LogP contribution in [0, 0.1) is 13.8 Å². The minimum absolute atomic E-state index is 0.247. The van der Waals surface area contributed by atoms with E-state index in [2.05, 4.69) is 31.4 Å². The summed E-state index contributed by atoms with van der Waals surface area (Å²) in [6, 6.07) is 5.16. The zero-order valence-corrected chi connectivity index (χ0v) is 11.6. The number of halogens is 1. The number of rotatable bonds is 2. The van der Waals surface area contributed by atoms with E-state index >= 15 is 0 Å². The normalized spacial score (nSPS) is 10.4. The Morgan fingerprint density at radius 2 is 2.17 bits per heavy atom. The van der Waals surface area contributed by atoms with Crippen molar-refractivity contribution in [2.24, 2.45) is 0 Å². The fourth-order valence-electron chi connectivity index (χ4n) is 1.51. The van der Waals surface area contributed by atoms with Gasteiger partial charge in [0.05, 0.1) is 10.0 Å². The van der Waals surface area contributed by atoms with Crippen LogP contribution in [-0.2, 0) is 0 Å². The van der Waals surface area contributed by atoms with Gasteiger partial charge < -0.3 is 11.1 Å². The molecule has 2 aromatic rings. The molecule has 18 heavy (non-hydrogen) atoms. The van der Waals surface area contributed by atoms with Gasteiger partial charge in [0.25, 0.3) is 5.91 Å². The average Bonchev–Trinajstić information content (AvgIpc) is 2.64. The average molecular weight is 309 g/mol. The molecule has 0 fully saturated rings. The van der Waals surface area contributed by atoms with Crippen molar-refractivity contribution in [3.63, 3.8) is 0 Å². The van der Waals surface area contributed by atoms with Crippen molar-refractivity contribution in [2.45, 2.75) is 13.8 Å². The SMILES string of the molecule is Cc1[nH]nc(NC(=O)c2cccc(N)c2Br)c1C. The number of carbonyl (C=O) groups excluding carboxylic acids is 1. The molecule has 0 radical (unpaired) electrons. The van der Waals surface area contributed by atoms with Gasteiger partial charge in [0.15, 0.2) is 5.82 Å². The molecular formula is C12H13BrN4O. The van der Waals surface area contributed by atoms with E-state index in [0.717, 1.165) is 11.3 Å². The molecule has 0 saturated carbocycles. The summed E-state index contributed by atoms with van der Waals surface area (Å²) < 4.78 is 0.590. The minimum Gasteiger partial charge on any atom is -0.398 e. The van der Waals surface area contributed by atoms with E-state index in [1.54, 1.807) is 18.2 Å². The highest BCUT2D eigenvalue weighted by Crippen LogP contribution is 2.25. The van der Waals surface area contributed by atoms with Crippen LogP contribution in [0.2, 0.25) is 0 Å². The minimum atomic E-state index is -0.247. The Bertz CT molecular complexity index is 606. The van der Waals surface area contributed by atoms with Crippen molar-refractivity contribution in [2.75, 3.05) is 11.1 Å². The summed E-state index contributed by atoms with van der Waals surface area (Å²) in [5.74, 6) is 0.288. The predicted molar refractivity (Wildman–Crippen MR) is 74.6 cm³/mol. The van der Waals surface area contributed by atoms with Gasteiger partial charge in [-0.15, -0.1) is 0 Å². The second kappa shape index (κ2) is 4.81. The van der Waals surface area contributed by atoms with Crippen molar-refractivity contribution >= 4 is 33.3 Å². The maximum atomic E-state index is 12.1. The van der Waals surface area contributed by atoms with Crippen molar-refractivity contribution < 1.29 is 4.79 Å². The van der Waals surface area contributed by atoms with Crippen LogP contribution in [-0.4, -0.2) is 16.1 Å². The molecule has 0 saturated heterocycles. The summed E-state index contributed by atoms with van der Waals surface area (Å²) in [7, 11) is 0. The quantitative estimate of drug-likeness (QED) is 0.746. The smallest absolute Gasteiger partial charge is 0.258 e. The first kappa shape index (κ1) is 12.6. The van der Waals surface area contributed by atoms with E-state index in [0.29, 0.717) is 21.5 Å². The molecule has 0 spiro atoms. The topological polar surface area (TPSA) is 83.8 Å². The predicted octanol–water partition coefficient (Wildman–Crippen LogP) is 2.62. The Morgan fingerprint density at radius 3 is 2.78 bits per heavy atom. The lowest BCUT2D eigenvalue weighted by atomic mass is 10.2. The third-order valence-electron chi connectivity index (χ3n) is 2.76. The third kappa shape index (κ3) is 2.24. The summed E-state index contributed by atoms with van der Waals surface area (Å²) in [5, 5.41) is 9.60. The van der Waals surface area contributed by atoms with Crippen LogP contribution in [0.15, 0.2) is 22.7 Å². The van der Waals surface area contributed by atoms with Crippen LogP contribution in [0.5, 0.6) is 0 Å². The number of aromatic amines is 1. The molecule has 0 unspecified atom stereocenters. The molecule has 0 aliphatic heterocycles. The van der Waals surface area contributed by atoms with E-state index in [1.807, 2.05) is 13.8 Å². The summed E-state index contributed by atoms with van der Waals surface area (Å²) >= 11 is 3.30. The van der Waals surface area contributed by atoms with E-state index in [9.17, 15) is 4.79 Å². The number of hydrogen-bond acceptors (Lipinski definition) is 3. The van der Waals surface area contributed by atoms with Crippen molar-refractivity contribution in [1.82, 2.24) is 10.2 Å². The number of nitrogens with two attached hydrogens (primary N) is 1. The summed E-state index contributed by atoms with van der Waals surface area (Å²) in [5.41, 5.74) is 8.59. The van der Waals surface area contributed by atoms with E-state index in [-0.39, 0.29) is 5.91 Å². The molecule has 0 atom stereocenters. The summed E-state index contributed by atoms with van der Waals surface area (Å²) in [6.07, 6.45) is 0. The Kier molecular flexibility index (Phi) is 3.38. The monoisotopic (exact) mass is 308 g/mol. The largest absolute Gasteiger partial charge is 0.398 e. The molecule has 1 aromatic carbocycles. The van der Waals surface area contributed by atoms with Gasteiger partial charge in [-0.05, 0) is 41.9 Å². The number of nitrogens with one attached hydrogen (secondary N) is 2. The van der Waals surface area contributed by atoms with Crippen molar-refractivity contribution in [1.29, 1.82) is 0 Å². The molecule has 1 amide bonds. The first-order chi connectivity index (χ1) is 8.50. The van der Waals surface area contributed by atoms with E-state index in [1.165, 1.54) is 0 Å². The molecule has 0 aliphatic rings. The van der Waals surface area contributed by atoms with Gasteiger partial charge in [0.1, 0.15) is 0 Å². The van der Waals surface area contributed by atoms with Crippen molar-refractivity contribution in [3.05, 3.63) is 39.5 Å². The molecular weight excluding hydrogens is 296 g/mol. The first-order valence-corrected chi connectivity index (χ1v) is 6.17. The number of aryl methyl sites for hydroxylation is 1. The highest BCUT2D eigenvalue weighted by molar-refractivity contribution is 9.10. The Hall–Kier alpha value is -1.82. The van der Waals surface area contributed by atoms with Crippen LogP contribution in [0.1, 0.15) is 21.6 Å². The van der Waals surface area contributed by atoms with Gasteiger partial charge in [-0.3, -0.25) is 9.89 Å². The second-order valence-corrected chi connectivity index (χ2v) is 4.78. The molecule has 2 rings (SSSR count). The molecule has 6 heteroatoms. The molecule has 4 N–H and O–H groups in total. The number of H-pyrrole nitrogens is 1. The van der Waals surface area contributed by atoms with Gasteiger partial charge in [-0.1, -0.05) is 6.07 Å². The van der Waals surface area contributed by atoms with Gasteiger partial charge in [-0.25, -0.2) is 0 Å². The summed E-state index contributed by atoms with van der Waals surface area (Å²) in [6.45, 7) is 3.79. The number of benzene rings is 1. The van der Waals surface area contributed by atoms with E-state index < -0.39 is 0 Å². The summed E-state index contributed by atoms with van der Waals surface area (Å²) in [4.78, 5) is 12.1. The zero-order chi connectivity index (χ0) is 13.3. The fraction of sp³-hybridized carbons (Fsp3) is 0.167. The third-order valence-corrected chi connectivity index (χ3v) is 3.64. The number of aromatic nitrogens is 2. The molecule has 5 nitrogen and oxygen atoms in total. The maximum absolute atomic E-state index is 12.1. The first-order valence-electron chi connectivity index (χ1n) is 5.37. The van der Waals surface area contributed by atoms with Gasteiger partial charge in [0, 0.05) is 16.9 Å². The van der Waals surface area contributed by atoms with Crippen LogP contribution in [0.3, 0.4) is 0 Å². The van der Waals surface area contributed by atoms with Crippen molar-refractivity contribution in [3.8, 4) is 0 Å². The highest BCUT2D eigenvalue weighted by atomic mass is 79.9. The lowest BCUT2D eigenvalue weighted by molar-refractivity contribution is 0.102. The Morgan fingerprint density at radius 1 is 1.44 bits per heavy atom. The number of carbonyl (C=O) groups is 1. The molecule has 0 bridgehead atoms. The lowest BCUT2D eigenvalue weighted by Crippen LogP contribution is -2.14. The van der Waals surface area contributed by atoms with Crippen LogP contribution >= 0.6 is 15.9 Å². The number of nitrogen functional groups attached to an aromatic ring is 1. The molecule has 0 aliphatic carbocycles. The number of anilines is 2.